The van der Waals surface area contributed by atoms with Crippen LogP contribution in [-0.4, -0.2) is 18.9 Å². The van der Waals surface area contributed by atoms with Crippen LogP contribution in [0.15, 0.2) is 48.5 Å². The predicted molar refractivity (Wildman–Crippen MR) is 89.8 cm³/mol. The highest BCUT2D eigenvalue weighted by molar-refractivity contribution is 5.89. The maximum absolute atomic E-state index is 13.0. The lowest BCUT2D eigenvalue weighted by Gasteiger charge is -2.19. The topological polar surface area (TPSA) is 52.6 Å². The molecule has 124 valence electrons. The summed E-state index contributed by atoms with van der Waals surface area (Å²) in [7, 11) is 1.63. The molecule has 0 saturated heterocycles. The first kappa shape index (κ1) is 16.2. The van der Waals surface area contributed by atoms with Gasteiger partial charge in [-0.05, 0) is 41.7 Å². The quantitative estimate of drug-likeness (QED) is 0.792. The number of ketones is 1. The van der Waals surface area contributed by atoms with Crippen molar-refractivity contribution in [3.63, 3.8) is 0 Å². The van der Waals surface area contributed by atoms with Gasteiger partial charge in [0.15, 0.2) is 11.9 Å². The summed E-state index contributed by atoms with van der Waals surface area (Å²) in [5.74, 6) is 0.110. The third-order valence-electron chi connectivity index (χ3n) is 4.39. The van der Waals surface area contributed by atoms with E-state index in [0.717, 1.165) is 16.9 Å². The van der Waals surface area contributed by atoms with Gasteiger partial charge in [-0.1, -0.05) is 36.4 Å². The van der Waals surface area contributed by atoms with E-state index in [-0.39, 0.29) is 11.7 Å². The smallest absolute Gasteiger partial charge is 0.303 e. The van der Waals surface area contributed by atoms with Crippen molar-refractivity contribution in [1.29, 1.82) is 0 Å². The van der Waals surface area contributed by atoms with Gasteiger partial charge in [0, 0.05) is 12.8 Å². The zero-order valence-electron chi connectivity index (χ0n) is 13.8. The number of carbonyl (C=O) groups excluding carboxylic acids is 2. The third kappa shape index (κ3) is 3.32. The van der Waals surface area contributed by atoms with E-state index in [1.54, 1.807) is 7.11 Å². The van der Waals surface area contributed by atoms with E-state index in [1.165, 1.54) is 6.92 Å². The van der Waals surface area contributed by atoms with Crippen LogP contribution >= 0.6 is 0 Å². The van der Waals surface area contributed by atoms with Gasteiger partial charge < -0.3 is 9.47 Å². The molecule has 0 aromatic heterocycles. The Kier molecular flexibility index (Phi) is 4.65. The molecule has 2 atom stereocenters. The fourth-order valence-electron chi connectivity index (χ4n) is 3.22. The Bertz CT molecular complexity index is 751. The number of hydrogen-bond donors (Lipinski definition) is 0. The van der Waals surface area contributed by atoms with E-state index in [2.05, 4.69) is 0 Å². The summed E-state index contributed by atoms with van der Waals surface area (Å²) in [5, 5.41) is 0. The number of methoxy groups -OCH3 is 1. The average Bonchev–Trinajstić information content (AvgIpc) is 3.02. The zero-order chi connectivity index (χ0) is 17.1. The minimum Gasteiger partial charge on any atom is -0.497 e. The summed E-state index contributed by atoms with van der Waals surface area (Å²) in [4.78, 5) is 24.5. The highest BCUT2D eigenvalue weighted by Crippen LogP contribution is 2.34. The number of Topliss-reactive ketones (excluding diaryl/α,β-unsaturated/α-hetero) is 1. The van der Waals surface area contributed by atoms with Crippen LogP contribution in [0.1, 0.15) is 29.7 Å². The minimum absolute atomic E-state index is 0.0495. The van der Waals surface area contributed by atoms with Gasteiger partial charge in [0.2, 0.25) is 0 Å². The molecule has 0 heterocycles. The molecule has 2 aromatic rings. The summed E-state index contributed by atoms with van der Waals surface area (Å²) in [6, 6.07) is 15.1. The Morgan fingerprint density at radius 3 is 2.42 bits per heavy atom. The molecule has 0 unspecified atom stereocenters. The molecule has 0 N–H and O–H groups in total. The first-order chi connectivity index (χ1) is 11.6. The Morgan fingerprint density at radius 1 is 1.04 bits per heavy atom. The zero-order valence-corrected chi connectivity index (χ0v) is 13.8. The first-order valence-electron chi connectivity index (χ1n) is 8.00. The Balaban J connectivity index is 1.82. The minimum atomic E-state index is -0.843. The third-order valence-corrected chi connectivity index (χ3v) is 4.39. The van der Waals surface area contributed by atoms with Crippen molar-refractivity contribution in [3.05, 3.63) is 65.2 Å². The molecule has 1 aliphatic rings. The standard InChI is InChI=1S/C20H20O4/c1-13(21)24-20(14-6-4-3-5-7-14)19(22)17-10-15-8-9-18(23-2)12-16(15)11-17/h3-9,12,17,20H,10-11H2,1-2H3/t17-,20+/m0/s1. The van der Waals surface area contributed by atoms with Gasteiger partial charge in [-0.25, -0.2) is 0 Å². The summed E-state index contributed by atoms with van der Waals surface area (Å²) in [6.45, 7) is 1.33. The van der Waals surface area contributed by atoms with Gasteiger partial charge in [0.25, 0.3) is 0 Å². The molecular weight excluding hydrogens is 304 g/mol. The number of carbonyl (C=O) groups is 2. The molecule has 24 heavy (non-hydrogen) atoms. The van der Waals surface area contributed by atoms with E-state index in [4.69, 9.17) is 9.47 Å². The Labute approximate surface area is 141 Å². The molecule has 0 aliphatic heterocycles. The van der Waals surface area contributed by atoms with Gasteiger partial charge in [-0.15, -0.1) is 0 Å². The summed E-state index contributed by atoms with van der Waals surface area (Å²) in [6.07, 6.45) is 0.476. The SMILES string of the molecule is COc1ccc2c(c1)C[C@@H](C(=O)[C@H](OC(C)=O)c1ccccc1)C2. The number of benzene rings is 2. The number of fused-ring (bicyclic) bond motifs is 1. The van der Waals surface area contributed by atoms with Gasteiger partial charge in [-0.3, -0.25) is 9.59 Å². The van der Waals surface area contributed by atoms with Crippen LogP contribution in [0.5, 0.6) is 5.75 Å². The molecule has 3 rings (SSSR count). The highest BCUT2D eigenvalue weighted by atomic mass is 16.5. The first-order valence-corrected chi connectivity index (χ1v) is 8.00. The normalized spacial score (nSPS) is 17.0. The molecule has 4 heteroatoms. The molecule has 4 nitrogen and oxygen atoms in total. The molecular formula is C20H20O4. The van der Waals surface area contributed by atoms with E-state index in [0.29, 0.717) is 18.4 Å². The van der Waals surface area contributed by atoms with Gasteiger partial charge in [0.05, 0.1) is 7.11 Å². The van der Waals surface area contributed by atoms with Gasteiger partial charge in [-0.2, -0.15) is 0 Å². The highest BCUT2D eigenvalue weighted by Gasteiger charge is 2.34. The van der Waals surface area contributed by atoms with Crippen molar-refractivity contribution in [2.24, 2.45) is 5.92 Å². The van der Waals surface area contributed by atoms with E-state index in [1.807, 2.05) is 48.5 Å². The van der Waals surface area contributed by atoms with Crippen LogP contribution in [0.3, 0.4) is 0 Å². The molecule has 0 amide bonds. The van der Waals surface area contributed by atoms with Crippen molar-refractivity contribution in [1.82, 2.24) is 0 Å². The largest absolute Gasteiger partial charge is 0.497 e. The lowest BCUT2D eigenvalue weighted by Crippen LogP contribution is -2.26. The van der Waals surface area contributed by atoms with Crippen LogP contribution in [0.2, 0.25) is 0 Å². The monoisotopic (exact) mass is 324 g/mol. The fraction of sp³-hybridized carbons (Fsp3) is 0.300. The van der Waals surface area contributed by atoms with Crippen LogP contribution in [-0.2, 0) is 27.2 Å². The summed E-state index contributed by atoms with van der Waals surface area (Å²) >= 11 is 0. The maximum Gasteiger partial charge on any atom is 0.303 e. The maximum atomic E-state index is 13.0. The van der Waals surface area contributed by atoms with Crippen molar-refractivity contribution in [2.45, 2.75) is 25.9 Å². The van der Waals surface area contributed by atoms with Crippen LogP contribution in [0, 0.1) is 5.92 Å². The molecule has 0 saturated carbocycles. The lowest BCUT2D eigenvalue weighted by molar-refractivity contribution is -0.155. The molecule has 0 fully saturated rings. The van der Waals surface area contributed by atoms with Gasteiger partial charge >= 0.3 is 5.97 Å². The molecule has 2 aromatic carbocycles. The predicted octanol–water partition coefficient (Wildman–Crippen LogP) is 3.28. The number of hydrogen-bond acceptors (Lipinski definition) is 4. The van der Waals surface area contributed by atoms with Crippen LogP contribution in [0.25, 0.3) is 0 Å². The van der Waals surface area contributed by atoms with E-state index in [9.17, 15) is 9.59 Å². The molecule has 0 spiro atoms. The number of esters is 1. The van der Waals surface area contributed by atoms with E-state index >= 15 is 0 Å². The molecule has 0 radical (unpaired) electrons. The van der Waals surface area contributed by atoms with Crippen molar-refractivity contribution < 1.29 is 19.1 Å². The van der Waals surface area contributed by atoms with E-state index < -0.39 is 12.1 Å². The Morgan fingerprint density at radius 2 is 1.75 bits per heavy atom. The number of rotatable bonds is 5. The fourth-order valence-corrected chi connectivity index (χ4v) is 3.22. The molecule has 0 bridgehead atoms. The average molecular weight is 324 g/mol. The second kappa shape index (κ2) is 6.87. The Hall–Kier alpha value is -2.62. The molecule has 1 aliphatic carbocycles. The second-order valence-corrected chi connectivity index (χ2v) is 6.04. The van der Waals surface area contributed by atoms with Crippen LogP contribution < -0.4 is 4.74 Å². The van der Waals surface area contributed by atoms with Gasteiger partial charge in [0.1, 0.15) is 5.75 Å². The summed E-state index contributed by atoms with van der Waals surface area (Å²) < 4.78 is 10.6. The second-order valence-electron chi connectivity index (χ2n) is 6.04. The lowest BCUT2D eigenvalue weighted by atomic mass is 9.93. The van der Waals surface area contributed by atoms with Crippen molar-refractivity contribution >= 4 is 11.8 Å². The van der Waals surface area contributed by atoms with Crippen molar-refractivity contribution in [3.8, 4) is 5.75 Å². The summed E-state index contributed by atoms with van der Waals surface area (Å²) in [5.41, 5.74) is 3.00. The number of ether oxygens (including phenoxy) is 2. The van der Waals surface area contributed by atoms with Crippen LogP contribution in [0.4, 0.5) is 0 Å². The van der Waals surface area contributed by atoms with Crippen molar-refractivity contribution in [2.75, 3.05) is 7.11 Å².